The lowest BCUT2D eigenvalue weighted by Crippen LogP contribution is -2.39. The predicted molar refractivity (Wildman–Crippen MR) is 74.4 cm³/mol. The quantitative estimate of drug-likeness (QED) is 0.789. The van der Waals surface area contributed by atoms with E-state index in [0.29, 0.717) is 6.54 Å². The third kappa shape index (κ3) is 4.31. The van der Waals surface area contributed by atoms with E-state index in [1.807, 2.05) is 21.8 Å². The van der Waals surface area contributed by atoms with Crippen molar-refractivity contribution in [1.29, 1.82) is 0 Å². The topological polar surface area (TPSA) is 84.3 Å². The summed E-state index contributed by atoms with van der Waals surface area (Å²) >= 11 is 0. The van der Waals surface area contributed by atoms with Gasteiger partial charge in [-0.15, -0.1) is 0 Å². The Labute approximate surface area is 119 Å². The molecule has 2 heterocycles. The second-order valence-electron chi connectivity index (χ2n) is 5.03. The van der Waals surface area contributed by atoms with Crippen molar-refractivity contribution in [2.75, 3.05) is 19.3 Å². The molecule has 1 unspecified atom stereocenters. The number of amides is 1. The van der Waals surface area contributed by atoms with Gasteiger partial charge in [-0.2, -0.15) is 5.10 Å². The van der Waals surface area contributed by atoms with E-state index in [4.69, 9.17) is 0 Å². The van der Waals surface area contributed by atoms with Gasteiger partial charge in [0.05, 0.1) is 18.8 Å². The molecule has 7 nitrogen and oxygen atoms in total. The van der Waals surface area contributed by atoms with Crippen molar-refractivity contribution in [3.05, 3.63) is 18.5 Å². The van der Waals surface area contributed by atoms with E-state index in [1.165, 1.54) is 0 Å². The van der Waals surface area contributed by atoms with Gasteiger partial charge in [0.2, 0.25) is 15.9 Å². The number of likely N-dealkylation sites (tertiary alicyclic amines) is 1. The number of carbonyl (C=O) groups is 1. The first-order valence-electron chi connectivity index (χ1n) is 6.67. The zero-order chi connectivity index (χ0) is 14.6. The van der Waals surface area contributed by atoms with Crippen LogP contribution in [-0.2, 0) is 21.4 Å². The number of hydrogen-bond donors (Lipinski definition) is 1. The Balaban J connectivity index is 1.85. The molecule has 1 N–H and O–H groups in total. The minimum Gasteiger partial charge on any atom is -0.338 e. The molecule has 1 aromatic heterocycles. The van der Waals surface area contributed by atoms with E-state index < -0.39 is 10.0 Å². The summed E-state index contributed by atoms with van der Waals surface area (Å²) < 4.78 is 26.1. The lowest BCUT2D eigenvalue weighted by molar-refractivity contribution is -0.132. The molecule has 1 aliphatic rings. The van der Waals surface area contributed by atoms with Gasteiger partial charge in [0.1, 0.15) is 0 Å². The molecule has 0 bridgehead atoms. The van der Waals surface area contributed by atoms with Crippen LogP contribution in [0.3, 0.4) is 0 Å². The Morgan fingerprint density at radius 2 is 2.30 bits per heavy atom. The van der Waals surface area contributed by atoms with Gasteiger partial charge in [0.25, 0.3) is 0 Å². The van der Waals surface area contributed by atoms with Crippen LogP contribution in [0.4, 0.5) is 0 Å². The zero-order valence-corrected chi connectivity index (χ0v) is 12.3. The SMILES string of the molecule is CS(=O)(=O)NCCC(=O)N1CCCC1Cn1cccn1. The van der Waals surface area contributed by atoms with E-state index in [2.05, 4.69) is 9.82 Å². The third-order valence-corrected chi connectivity index (χ3v) is 4.09. The fraction of sp³-hybridized carbons (Fsp3) is 0.667. The number of rotatable bonds is 6. The first-order chi connectivity index (χ1) is 9.46. The molecule has 0 radical (unpaired) electrons. The Kier molecular flexibility index (Phi) is 4.77. The first-order valence-corrected chi connectivity index (χ1v) is 8.56. The second-order valence-corrected chi connectivity index (χ2v) is 6.86. The van der Waals surface area contributed by atoms with Crippen LogP contribution in [0.25, 0.3) is 0 Å². The van der Waals surface area contributed by atoms with E-state index in [9.17, 15) is 13.2 Å². The van der Waals surface area contributed by atoms with E-state index in [0.717, 1.165) is 25.6 Å². The van der Waals surface area contributed by atoms with Crippen LogP contribution in [0.5, 0.6) is 0 Å². The molecule has 2 rings (SSSR count). The highest BCUT2D eigenvalue weighted by atomic mass is 32.2. The van der Waals surface area contributed by atoms with E-state index >= 15 is 0 Å². The standard InChI is InChI=1S/C12H20N4O3S/c1-20(18,19)14-7-5-12(17)16-9-2-4-11(16)10-15-8-3-6-13-15/h3,6,8,11,14H,2,4-5,7,9-10H2,1H3. The van der Waals surface area contributed by atoms with Gasteiger partial charge in [-0.05, 0) is 18.9 Å². The van der Waals surface area contributed by atoms with Gasteiger partial charge in [0, 0.05) is 31.9 Å². The smallest absolute Gasteiger partial charge is 0.224 e. The number of aromatic nitrogens is 2. The predicted octanol–water partition coefficient (Wildman–Crippen LogP) is -0.187. The molecule has 1 aromatic rings. The van der Waals surface area contributed by atoms with Crippen LogP contribution in [-0.4, -0.2) is 54.4 Å². The van der Waals surface area contributed by atoms with Crippen molar-refractivity contribution in [2.24, 2.45) is 0 Å². The van der Waals surface area contributed by atoms with Crippen LogP contribution in [0.1, 0.15) is 19.3 Å². The zero-order valence-electron chi connectivity index (χ0n) is 11.5. The van der Waals surface area contributed by atoms with Crippen molar-refractivity contribution >= 4 is 15.9 Å². The Morgan fingerprint density at radius 3 is 2.95 bits per heavy atom. The summed E-state index contributed by atoms with van der Waals surface area (Å²) in [7, 11) is -3.23. The normalized spacial score (nSPS) is 19.4. The average molecular weight is 300 g/mol. The van der Waals surface area contributed by atoms with Crippen LogP contribution >= 0.6 is 0 Å². The molecule has 8 heteroatoms. The molecule has 20 heavy (non-hydrogen) atoms. The fourth-order valence-corrected chi connectivity index (χ4v) is 2.94. The van der Waals surface area contributed by atoms with Crippen molar-refractivity contribution in [3.63, 3.8) is 0 Å². The van der Waals surface area contributed by atoms with Crippen LogP contribution in [0, 0.1) is 0 Å². The van der Waals surface area contributed by atoms with Crippen LogP contribution in [0.2, 0.25) is 0 Å². The van der Waals surface area contributed by atoms with E-state index in [-0.39, 0.29) is 24.9 Å². The Bertz CT molecular complexity index is 541. The molecule has 1 aliphatic heterocycles. The summed E-state index contributed by atoms with van der Waals surface area (Å²) in [6, 6.07) is 2.01. The maximum absolute atomic E-state index is 12.1. The number of hydrogen-bond acceptors (Lipinski definition) is 4. The summed E-state index contributed by atoms with van der Waals surface area (Å²) in [5.41, 5.74) is 0. The lowest BCUT2D eigenvalue weighted by Gasteiger charge is -2.24. The summed E-state index contributed by atoms with van der Waals surface area (Å²) in [4.78, 5) is 14.0. The summed E-state index contributed by atoms with van der Waals surface area (Å²) in [6.07, 6.45) is 6.84. The van der Waals surface area contributed by atoms with Gasteiger partial charge >= 0.3 is 0 Å². The highest BCUT2D eigenvalue weighted by molar-refractivity contribution is 7.88. The van der Waals surface area contributed by atoms with Crippen molar-refractivity contribution in [2.45, 2.75) is 31.8 Å². The first kappa shape index (κ1) is 15.0. The minimum absolute atomic E-state index is 0.00388. The largest absolute Gasteiger partial charge is 0.338 e. The minimum atomic E-state index is -3.23. The Morgan fingerprint density at radius 1 is 1.50 bits per heavy atom. The highest BCUT2D eigenvalue weighted by Gasteiger charge is 2.28. The maximum atomic E-state index is 12.1. The number of sulfonamides is 1. The Hall–Kier alpha value is -1.41. The molecule has 1 atom stereocenters. The molecule has 0 saturated carbocycles. The van der Waals surface area contributed by atoms with Gasteiger partial charge in [0.15, 0.2) is 0 Å². The van der Waals surface area contributed by atoms with Gasteiger partial charge < -0.3 is 4.90 Å². The molecule has 0 spiro atoms. The molecule has 1 saturated heterocycles. The molecular weight excluding hydrogens is 280 g/mol. The van der Waals surface area contributed by atoms with Crippen LogP contribution in [0.15, 0.2) is 18.5 Å². The maximum Gasteiger partial charge on any atom is 0.224 e. The van der Waals surface area contributed by atoms with Gasteiger partial charge in [-0.1, -0.05) is 0 Å². The second kappa shape index (κ2) is 6.36. The van der Waals surface area contributed by atoms with Gasteiger partial charge in [-0.3, -0.25) is 9.48 Å². The lowest BCUT2D eigenvalue weighted by atomic mass is 10.2. The van der Waals surface area contributed by atoms with E-state index in [1.54, 1.807) is 6.20 Å². The monoisotopic (exact) mass is 300 g/mol. The summed E-state index contributed by atoms with van der Waals surface area (Å²) in [6.45, 7) is 1.59. The van der Waals surface area contributed by atoms with Crippen molar-refractivity contribution in [1.82, 2.24) is 19.4 Å². The number of carbonyl (C=O) groups excluding carboxylic acids is 1. The molecular formula is C12H20N4O3S. The van der Waals surface area contributed by atoms with Gasteiger partial charge in [-0.25, -0.2) is 13.1 Å². The van der Waals surface area contributed by atoms with Crippen molar-refractivity contribution < 1.29 is 13.2 Å². The fourth-order valence-electron chi connectivity index (χ4n) is 2.47. The molecule has 1 fully saturated rings. The molecule has 112 valence electrons. The molecule has 0 aliphatic carbocycles. The highest BCUT2D eigenvalue weighted by Crippen LogP contribution is 2.19. The third-order valence-electron chi connectivity index (χ3n) is 3.36. The summed E-state index contributed by atoms with van der Waals surface area (Å²) in [5, 5.41) is 4.15. The number of nitrogens with one attached hydrogen (secondary N) is 1. The number of nitrogens with zero attached hydrogens (tertiary/aromatic N) is 3. The van der Waals surface area contributed by atoms with Crippen LogP contribution < -0.4 is 4.72 Å². The van der Waals surface area contributed by atoms with Crippen molar-refractivity contribution in [3.8, 4) is 0 Å². The average Bonchev–Trinajstić information content (AvgIpc) is 2.99. The molecule has 0 aromatic carbocycles. The molecule has 1 amide bonds. The summed E-state index contributed by atoms with van der Waals surface area (Å²) in [5.74, 6) is -0.00388.